The predicted octanol–water partition coefficient (Wildman–Crippen LogP) is 1.73. The molecule has 1 atom stereocenters. The van der Waals surface area contributed by atoms with Crippen LogP contribution in [-0.2, 0) is 19.1 Å². The predicted molar refractivity (Wildman–Crippen MR) is 69.4 cm³/mol. The van der Waals surface area contributed by atoms with Crippen LogP contribution in [0.2, 0.25) is 0 Å². The molecule has 5 nitrogen and oxygen atoms in total. The maximum Gasteiger partial charge on any atom is 0.305 e. The molecule has 0 aliphatic heterocycles. The molecular weight excluding hydrogens is 248 g/mol. The zero-order valence-electron chi connectivity index (χ0n) is 11.6. The van der Waals surface area contributed by atoms with Crippen molar-refractivity contribution in [1.82, 2.24) is 0 Å². The number of aliphatic hydroxyl groups is 1. The van der Waals surface area contributed by atoms with Crippen LogP contribution in [0.25, 0.3) is 0 Å². The first-order valence-corrected chi connectivity index (χ1v) is 6.65. The normalized spacial score (nSPS) is 18.9. The number of aliphatic hydroxyl groups excluding tert-OH is 1. The molecule has 0 radical (unpaired) electrons. The summed E-state index contributed by atoms with van der Waals surface area (Å²) >= 11 is 0. The van der Waals surface area contributed by atoms with Gasteiger partial charge in [-0.15, -0.1) is 0 Å². The Labute approximate surface area is 113 Å². The third-order valence-corrected chi connectivity index (χ3v) is 3.32. The van der Waals surface area contributed by atoms with E-state index in [4.69, 9.17) is 4.74 Å². The number of unbranched alkanes of at least 4 members (excludes halogenated alkanes) is 3. The molecule has 1 N–H and O–H groups in total. The van der Waals surface area contributed by atoms with Crippen LogP contribution in [0.3, 0.4) is 0 Å². The van der Waals surface area contributed by atoms with Gasteiger partial charge in [0, 0.05) is 18.4 Å². The Bertz CT molecular complexity index is 359. The van der Waals surface area contributed by atoms with Gasteiger partial charge in [0.25, 0.3) is 0 Å². The van der Waals surface area contributed by atoms with E-state index in [1.54, 1.807) is 0 Å². The number of esters is 1. The highest BCUT2D eigenvalue weighted by Gasteiger charge is 2.31. The fraction of sp³-hybridized carbons (Fsp3) is 0.714. The second-order valence-electron chi connectivity index (χ2n) is 4.68. The van der Waals surface area contributed by atoms with E-state index in [0.717, 1.165) is 25.7 Å². The molecule has 1 rings (SSSR count). The molecule has 0 aromatic heterocycles. The molecule has 0 saturated heterocycles. The van der Waals surface area contributed by atoms with Gasteiger partial charge in [-0.1, -0.05) is 12.8 Å². The zero-order valence-corrected chi connectivity index (χ0v) is 11.6. The van der Waals surface area contributed by atoms with Crippen LogP contribution >= 0.6 is 0 Å². The number of Topliss-reactive ketones (excluding diaryl/α,β-unsaturated/α-hetero) is 1. The lowest BCUT2D eigenvalue weighted by Gasteiger charge is -2.07. The summed E-state index contributed by atoms with van der Waals surface area (Å²) in [4.78, 5) is 22.5. The van der Waals surface area contributed by atoms with Crippen molar-refractivity contribution < 1.29 is 24.2 Å². The lowest BCUT2D eigenvalue weighted by atomic mass is 10.0. The van der Waals surface area contributed by atoms with E-state index >= 15 is 0 Å². The Balaban J connectivity index is 2.23. The molecular formula is C14H22O5. The standard InChI is InChI=1S/C14H22O5/c1-18-13(17)8-6-4-3-5-7-10-11(15)9-12(16)14(10)19-2/h12,16H,3-9H2,1-2H3. The van der Waals surface area contributed by atoms with E-state index in [-0.39, 0.29) is 18.2 Å². The third kappa shape index (κ3) is 4.67. The zero-order chi connectivity index (χ0) is 14.3. The molecule has 0 amide bonds. The van der Waals surface area contributed by atoms with Gasteiger partial charge in [0.2, 0.25) is 0 Å². The molecule has 0 aromatic carbocycles. The van der Waals surface area contributed by atoms with Crippen LogP contribution in [0.5, 0.6) is 0 Å². The summed E-state index contributed by atoms with van der Waals surface area (Å²) in [6, 6.07) is 0. The summed E-state index contributed by atoms with van der Waals surface area (Å²) in [5.41, 5.74) is 0.628. The fourth-order valence-electron chi connectivity index (χ4n) is 2.28. The van der Waals surface area contributed by atoms with Gasteiger partial charge in [-0.25, -0.2) is 0 Å². The lowest BCUT2D eigenvalue weighted by molar-refractivity contribution is -0.140. The number of methoxy groups -OCH3 is 2. The van der Waals surface area contributed by atoms with Gasteiger partial charge in [0.05, 0.1) is 14.2 Å². The lowest BCUT2D eigenvalue weighted by Crippen LogP contribution is -2.07. The summed E-state index contributed by atoms with van der Waals surface area (Å²) in [5.74, 6) is 0.233. The number of allylic oxidation sites excluding steroid dienone is 1. The minimum Gasteiger partial charge on any atom is -0.498 e. The van der Waals surface area contributed by atoms with Crippen molar-refractivity contribution in [3.8, 4) is 0 Å². The van der Waals surface area contributed by atoms with Crippen molar-refractivity contribution in [2.45, 2.75) is 51.0 Å². The number of ether oxygens (including phenoxy) is 2. The molecule has 5 heteroatoms. The van der Waals surface area contributed by atoms with Crippen molar-refractivity contribution in [2.75, 3.05) is 14.2 Å². The highest BCUT2D eigenvalue weighted by Crippen LogP contribution is 2.28. The van der Waals surface area contributed by atoms with Crippen LogP contribution in [0.4, 0.5) is 0 Å². The molecule has 0 fully saturated rings. The van der Waals surface area contributed by atoms with Crippen LogP contribution in [0.15, 0.2) is 11.3 Å². The largest absolute Gasteiger partial charge is 0.498 e. The summed E-state index contributed by atoms with van der Waals surface area (Å²) < 4.78 is 9.64. The minimum atomic E-state index is -0.771. The third-order valence-electron chi connectivity index (χ3n) is 3.32. The van der Waals surface area contributed by atoms with Crippen LogP contribution in [-0.4, -0.2) is 37.2 Å². The van der Waals surface area contributed by atoms with Crippen LogP contribution < -0.4 is 0 Å². The van der Waals surface area contributed by atoms with Gasteiger partial charge < -0.3 is 14.6 Å². The van der Waals surface area contributed by atoms with Gasteiger partial charge in [0.15, 0.2) is 5.78 Å². The molecule has 1 aliphatic rings. The maximum absolute atomic E-state index is 11.6. The molecule has 19 heavy (non-hydrogen) atoms. The number of hydrogen-bond donors (Lipinski definition) is 1. The van der Waals surface area contributed by atoms with E-state index in [1.165, 1.54) is 14.2 Å². The summed E-state index contributed by atoms with van der Waals surface area (Å²) in [6.07, 6.45) is 3.99. The Hall–Kier alpha value is -1.36. The molecule has 1 unspecified atom stereocenters. The van der Waals surface area contributed by atoms with E-state index in [1.807, 2.05) is 0 Å². The first kappa shape index (κ1) is 15.7. The summed E-state index contributed by atoms with van der Waals surface area (Å²) in [7, 11) is 2.87. The topological polar surface area (TPSA) is 72.8 Å². The molecule has 0 spiro atoms. The van der Waals surface area contributed by atoms with E-state index in [0.29, 0.717) is 24.2 Å². The van der Waals surface area contributed by atoms with Crippen molar-refractivity contribution in [1.29, 1.82) is 0 Å². The Morgan fingerprint density at radius 2 is 1.95 bits per heavy atom. The average Bonchev–Trinajstić information content (AvgIpc) is 2.67. The number of hydrogen-bond acceptors (Lipinski definition) is 5. The summed E-state index contributed by atoms with van der Waals surface area (Å²) in [6.45, 7) is 0. The highest BCUT2D eigenvalue weighted by molar-refractivity contribution is 5.99. The quantitative estimate of drug-likeness (QED) is 0.537. The van der Waals surface area contributed by atoms with Gasteiger partial charge in [-0.2, -0.15) is 0 Å². The number of ketones is 1. The number of rotatable bonds is 8. The highest BCUT2D eigenvalue weighted by atomic mass is 16.5. The van der Waals surface area contributed by atoms with Crippen molar-refractivity contribution >= 4 is 11.8 Å². The maximum atomic E-state index is 11.6. The van der Waals surface area contributed by atoms with Crippen LogP contribution in [0, 0.1) is 0 Å². The molecule has 0 bridgehead atoms. The Morgan fingerprint density at radius 1 is 1.26 bits per heavy atom. The summed E-state index contributed by atoms with van der Waals surface area (Å²) in [5, 5.41) is 9.60. The van der Waals surface area contributed by atoms with Gasteiger partial charge >= 0.3 is 5.97 Å². The molecule has 0 aromatic rings. The molecule has 1 aliphatic carbocycles. The Kier molecular flexibility index (Phi) is 6.56. The van der Waals surface area contributed by atoms with Gasteiger partial charge in [-0.05, 0) is 19.3 Å². The second kappa shape index (κ2) is 7.94. The first-order valence-electron chi connectivity index (χ1n) is 6.65. The van der Waals surface area contributed by atoms with Crippen LogP contribution in [0.1, 0.15) is 44.9 Å². The SMILES string of the molecule is COC(=O)CCCCCCC1=C(OC)C(O)CC1=O. The van der Waals surface area contributed by atoms with E-state index in [9.17, 15) is 14.7 Å². The van der Waals surface area contributed by atoms with Gasteiger partial charge in [0.1, 0.15) is 11.9 Å². The first-order chi connectivity index (χ1) is 9.10. The molecule has 0 saturated carbocycles. The van der Waals surface area contributed by atoms with Crippen molar-refractivity contribution in [2.24, 2.45) is 0 Å². The fourth-order valence-corrected chi connectivity index (χ4v) is 2.28. The molecule has 0 heterocycles. The van der Waals surface area contributed by atoms with Crippen molar-refractivity contribution in [3.05, 3.63) is 11.3 Å². The number of carbonyl (C=O) groups excluding carboxylic acids is 2. The number of carbonyl (C=O) groups is 2. The monoisotopic (exact) mass is 270 g/mol. The van der Waals surface area contributed by atoms with E-state index in [2.05, 4.69) is 4.74 Å². The Morgan fingerprint density at radius 3 is 2.58 bits per heavy atom. The van der Waals surface area contributed by atoms with Crippen molar-refractivity contribution in [3.63, 3.8) is 0 Å². The van der Waals surface area contributed by atoms with Gasteiger partial charge in [-0.3, -0.25) is 9.59 Å². The smallest absolute Gasteiger partial charge is 0.305 e. The van der Waals surface area contributed by atoms with E-state index < -0.39 is 6.10 Å². The molecule has 108 valence electrons. The minimum absolute atomic E-state index is 0.0149. The second-order valence-corrected chi connectivity index (χ2v) is 4.68. The average molecular weight is 270 g/mol.